The first-order chi connectivity index (χ1) is 14.3. The van der Waals surface area contributed by atoms with Gasteiger partial charge in [-0.2, -0.15) is 10.4 Å². The number of hydrogen-bond donors (Lipinski definition) is 0. The molecule has 5 nitrogen and oxygen atoms in total. The fourth-order valence-corrected chi connectivity index (χ4v) is 5.08. The zero-order valence-electron chi connectivity index (χ0n) is 17.7. The fourth-order valence-electron chi connectivity index (χ4n) is 4.87. The van der Waals surface area contributed by atoms with Gasteiger partial charge in [-0.15, -0.1) is 5.10 Å². The number of rotatable bonds is 3. The summed E-state index contributed by atoms with van der Waals surface area (Å²) in [5.41, 5.74) is 2.46. The van der Waals surface area contributed by atoms with Crippen molar-refractivity contribution in [3.63, 3.8) is 0 Å². The Bertz CT molecular complexity index is 978. The van der Waals surface area contributed by atoms with E-state index >= 15 is 0 Å². The molecule has 30 heavy (non-hydrogen) atoms. The molecule has 2 aliphatic heterocycles. The third-order valence-corrected chi connectivity index (χ3v) is 6.95. The fraction of sp³-hybridized carbons (Fsp3) is 0.522. The molecule has 0 aliphatic carbocycles. The van der Waals surface area contributed by atoms with Crippen LogP contribution in [-0.4, -0.2) is 35.9 Å². The van der Waals surface area contributed by atoms with Crippen LogP contribution >= 0.6 is 11.6 Å². The Morgan fingerprint density at radius 2 is 1.97 bits per heavy atom. The summed E-state index contributed by atoms with van der Waals surface area (Å²) >= 11 is 6.26. The van der Waals surface area contributed by atoms with E-state index in [9.17, 15) is 4.39 Å². The number of nitriles is 1. The first-order valence-electron chi connectivity index (χ1n) is 10.6. The van der Waals surface area contributed by atoms with Crippen molar-refractivity contribution in [1.82, 2.24) is 10.2 Å². The van der Waals surface area contributed by atoms with Crippen LogP contribution in [0.4, 0.5) is 15.9 Å². The molecule has 1 aromatic carbocycles. The number of aromatic nitrogens is 2. The van der Waals surface area contributed by atoms with Crippen molar-refractivity contribution < 1.29 is 4.39 Å². The van der Waals surface area contributed by atoms with Gasteiger partial charge in [-0.05, 0) is 55.7 Å². The van der Waals surface area contributed by atoms with Gasteiger partial charge in [0.1, 0.15) is 6.07 Å². The molecule has 2 fully saturated rings. The minimum Gasteiger partial charge on any atom is -0.368 e. The Kier molecular flexibility index (Phi) is 5.59. The van der Waals surface area contributed by atoms with Gasteiger partial charge < -0.3 is 9.80 Å². The summed E-state index contributed by atoms with van der Waals surface area (Å²) in [7, 11) is 0. The highest BCUT2D eigenvalue weighted by Crippen LogP contribution is 2.45. The van der Waals surface area contributed by atoms with Crippen molar-refractivity contribution in [3.8, 4) is 6.07 Å². The molecule has 0 N–H and O–H groups in total. The van der Waals surface area contributed by atoms with Crippen LogP contribution in [0.5, 0.6) is 0 Å². The minimum absolute atomic E-state index is 0.160. The quantitative estimate of drug-likeness (QED) is 0.678. The summed E-state index contributed by atoms with van der Waals surface area (Å²) in [6, 6.07) is 9.70. The maximum absolute atomic E-state index is 14.6. The second-order valence-electron chi connectivity index (χ2n) is 9.04. The first-order valence-corrected chi connectivity index (χ1v) is 10.9. The van der Waals surface area contributed by atoms with Crippen LogP contribution in [0.2, 0.25) is 5.02 Å². The van der Waals surface area contributed by atoms with E-state index in [2.05, 4.69) is 28.1 Å². The molecular weight excluding hydrogens is 401 g/mol. The van der Waals surface area contributed by atoms with E-state index in [-0.39, 0.29) is 17.2 Å². The topological polar surface area (TPSA) is 56.0 Å². The second kappa shape index (κ2) is 8.03. The SMILES string of the molecule is CC(C)c1cc(F)c(N2CCC3(CC2)CC(C)N(c2ccc(C#N)c(Cl)c2)C3)nn1. The lowest BCUT2D eigenvalue weighted by Gasteiger charge is -2.39. The Morgan fingerprint density at radius 1 is 1.23 bits per heavy atom. The van der Waals surface area contributed by atoms with Crippen molar-refractivity contribution in [3.05, 3.63) is 46.4 Å². The van der Waals surface area contributed by atoms with Crippen molar-refractivity contribution in [2.45, 2.75) is 52.0 Å². The molecule has 0 bridgehead atoms. The lowest BCUT2D eigenvalue weighted by Crippen LogP contribution is -2.42. The Hall–Kier alpha value is -2.39. The van der Waals surface area contributed by atoms with Crippen LogP contribution < -0.4 is 9.80 Å². The number of anilines is 2. The summed E-state index contributed by atoms with van der Waals surface area (Å²) in [6.45, 7) is 8.72. The average Bonchev–Trinajstić information content (AvgIpc) is 3.04. The maximum atomic E-state index is 14.6. The molecule has 158 valence electrons. The van der Waals surface area contributed by atoms with Crippen molar-refractivity contribution >= 4 is 23.1 Å². The largest absolute Gasteiger partial charge is 0.368 e. The number of benzene rings is 1. The van der Waals surface area contributed by atoms with Gasteiger partial charge in [-0.3, -0.25) is 0 Å². The molecule has 2 aliphatic rings. The normalized spacial score (nSPS) is 20.8. The molecule has 2 aromatic rings. The highest BCUT2D eigenvalue weighted by molar-refractivity contribution is 6.32. The third kappa shape index (κ3) is 3.83. The van der Waals surface area contributed by atoms with E-state index in [1.807, 2.05) is 30.9 Å². The van der Waals surface area contributed by atoms with Gasteiger partial charge >= 0.3 is 0 Å². The van der Waals surface area contributed by atoms with E-state index in [0.29, 0.717) is 28.1 Å². The van der Waals surface area contributed by atoms with Gasteiger partial charge in [-0.1, -0.05) is 25.4 Å². The van der Waals surface area contributed by atoms with E-state index in [1.54, 1.807) is 6.07 Å². The summed E-state index contributed by atoms with van der Waals surface area (Å²) in [5.74, 6) is 0.252. The van der Waals surface area contributed by atoms with Crippen molar-refractivity contribution in [2.75, 3.05) is 29.4 Å². The molecule has 3 heterocycles. The molecule has 0 saturated carbocycles. The maximum Gasteiger partial charge on any atom is 0.187 e. The molecular formula is C23H27ClFN5. The summed E-state index contributed by atoms with van der Waals surface area (Å²) in [6.07, 6.45) is 3.08. The monoisotopic (exact) mass is 427 g/mol. The number of piperidine rings is 1. The lowest BCUT2D eigenvalue weighted by molar-refractivity contribution is 0.243. The van der Waals surface area contributed by atoms with Crippen LogP contribution in [0, 0.1) is 22.6 Å². The summed E-state index contributed by atoms with van der Waals surface area (Å²) < 4.78 is 14.6. The second-order valence-corrected chi connectivity index (χ2v) is 9.45. The van der Waals surface area contributed by atoms with Crippen LogP contribution in [0.25, 0.3) is 0 Å². The highest BCUT2D eigenvalue weighted by Gasteiger charge is 2.44. The molecule has 1 spiro atoms. The van der Waals surface area contributed by atoms with E-state index in [4.69, 9.17) is 16.9 Å². The van der Waals surface area contributed by atoms with E-state index in [0.717, 1.165) is 44.6 Å². The van der Waals surface area contributed by atoms with Gasteiger partial charge in [0.25, 0.3) is 0 Å². The zero-order valence-corrected chi connectivity index (χ0v) is 18.5. The van der Waals surface area contributed by atoms with Crippen LogP contribution in [0.3, 0.4) is 0 Å². The van der Waals surface area contributed by atoms with Gasteiger partial charge in [0.05, 0.1) is 16.3 Å². The molecule has 1 aromatic heterocycles. The third-order valence-electron chi connectivity index (χ3n) is 6.63. The van der Waals surface area contributed by atoms with E-state index < -0.39 is 0 Å². The number of halogens is 2. The van der Waals surface area contributed by atoms with Crippen LogP contribution in [0.1, 0.15) is 57.2 Å². The average molecular weight is 428 g/mol. The molecule has 0 radical (unpaired) electrons. The number of hydrogen-bond acceptors (Lipinski definition) is 5. The summed E-state index contributed by atoms with van der Waals surface area (Å²) in [4.78, 5) is 4.42. The minimum atomic E-state index is -0.279. The Morgan fingerprint density at radius 3 is 2.57 bits per heavy atom. The Labute approximate surface area is 182 Å². The summed E-state index contributed by atoms with van der Waals surface area (Å²) in [5, 5.41) is 18.0. The van der Waals surface area contributed by atoms with Crippen molar-refractivity contribution in [2.24, 2.45) is 5.41 Å². The van der Waals surface area contributed by atoms with Gasteiger partial charge in [-0.25, -0.2) is 4.39 Å². The standard InChI is InChI=1S/C23H27ClFN5/c1-15(2)21-11-20(25)22(28-27-21)29-8-6-23(7-9-29)12-16(3)30(14-23)18-5-4-17(13-26)19(24)10-18/h4-5,10-11,15-16H,6-9,12,14H2,1-3H3. The zero-order chi connectivity index (χ0) is 21.5. The molecule has 7 heteroatoms. The van der Waals surface area contributed by atoms with Gasteiger partial charge in [0.15, 0.2) is 11.6 Å². The molecule has 1 unspecified atom stereocenters. The van der Waals surface area contributed by atoms with Gasteiger partial charge in [0, 0.05) is 37.4 Å². The number of nitrogens with zero attached hydrogens (tertiary/aromatic N) is 5. The van der Waals surface area contributed by atoms with Crippen LogP contribution in [0.15, 0.2) is 24.3 Å². The van der Waals surface area contributed by atoms with E-state index in [1.165, 1.54) is 6.07 Å². The Balaban J connectivity index is 1.46. The predicted octanol–water partition coefficient (Wildman–Crippen LogP) is 5.15. The molecule has 0 amide bonds. The van der Waals surface area contributed by atoms with Crippen LogP contribution in [-0.2, 0) is 0 Å². The molecule has 2 saturated heterocycles. The van der Waals surface area contributed by atoms with Crippen molar-refractivity contribution in [1.29, 1.82) is 5.26 Å². The molecule has 1 atom stereocenters. The van der Waals surface area contributed by atoms with Gasteiger partial charge in [0.2, 0.25) is 0 Å². The predicted molar refractivity (Wildman–Crippen MR) is 118 cm³/mol. The first kappa shape index (κ1) is 20.9. The highest BCUT2D eigenvalue weighted by atomic mass is 35.5. The lowest BCUT2D eigenvalue weighted by atomic mass is 9.77. The smallest absolute Gasteiger partial charge is 0.187 e. The molecule has 4 rings (SSSR count).